The number of nitrogens with zero attached hydrogens (tertiary/aromatic N) is 3. The van der Waals surface area contributed by atoms with Crippen molar-refractivity contribution in [2.24, 2.45) is 0 Å². The van der Waals surface area contributed by atoms with Gasteiger partial charge < -0.3 is 9.64 Å². The number of fused-ring (bicyclic) bond motifs is 1. The number of ether oxygens (including phenoxy) is 1. The number of urea groups is 1. The van der Waals surface area contributed by atoms with E-state index in [1.165, 1.54) is 0 Å². The van der Waals surface area contributed by atoms with Gasteiger partial charge in [-0.25, -0.2) is 13.2 Å². The van der Waals surface area contributed by atoms with Gasteiger partial charge in [-0.2, -0.15) is 5.26 Å². The molecule has 0 radical (unpaired) electrons. The summed E-state index contributed by atoms with van der Waals surface area (Å²) in [5, 5.41) is 9.36. The van der Waals surface area contributed by atoms with Gasteiger partial charge in [0.25, 0.3) is 0 Å². The molecule has 0 spiro atoms. The number of benzene rings is 2. The first-order valence-corrected chi connectivity index (χ1v) is 11.3. The molecule has 0 unspecified atom stereocenters. The predicted molar refractivity (Wildman–Crippen MR) is 108 cm³/mol. The molecule has 2 heterocycles. The minimum Gasteiger partial charge on any atom is -0.494 e. The monoisotopic (exact) mass is 411 g/mol. The van der Waals surface area contributed by atoms with Gasteiger partial charge in [0.2, 0.25) is 0 Å². The van der Waals surface area contributed by atoms with Crippen LogP contribution in [-0.4, -0.2) is 49.5 Å². The molecular formula is C21H21N3O4S. The topological polar surface area (TPSA) is 90.7 Å². The molecule has 0 bridgehead atoms. The van der Waals surface area contributed by atoms with Crippen molar-refractivity contribution in [3.63, 3.8) is 0 Å². The molecule has 2 aromatic rings. The van der Waals surface area contributed by atoms with Gasteiger partial charge in [-0.05, 0) is 42.8 Å². The van der Waals surface area contributed by atoms with Gasteiger partial charge in [-0.15, -0.1) is 0 Å². The maximum absolute atomic E-state index is 13.3. The first-order valence-electron chi connectivity index (χ1n) is 9.44. The maximum atomic E-state index is 13.3. The standard InChI is InChI=1S/C21H21N3O4S/c1-2-28-18-9-7-17(8-10-18)24-20-14-29(26,27)13-19(20)23(21(24)25)12-16-6-4-3-5-15(16)11-22/h3-10,19-20H,2,12-14H2,1H3/t19-,20-/m0/s1. The summed E-state index contributed by atoms with van der Waals surface area (Å²) in [6.45, 7) is 2.63. The van der Waals surface area contributed by atoms with Crippen molar-refractivity contribution < 1.29 is 17.9 Å². The highest BCUT2D eigenvalue weighted by atomic mass is 32.2. The molecule has 2 aromatic carbocycles. The Balaban J connectivity index is 1.68. The second-order valence-electron chi connectivity index (χ2n) is 7.19. The van der Waals surface area contributed by atoms with Crippen LogP contribution in [0, 0.1) is 11.3 Å². The second-order valence-corrected chi connectivity index (χ2v) is 9.34. The van der Waals surface area contributed by atoms with Crippen molar-refractivity contribution >= 4 is 21.6 Å². The zero-order valence-electron chi connectivity index (χ0n) is 16.0. The number of rotatable bonds is 5. The number of hydrogen-bond acceptors (Lipinski definition) is 5. The van der Waals surface area contributed by atoms with Gasteiger partial charge in [-0.1, -0.05) is 18.2 Å². The lowest BCUT2D eigenvalue weighted by atomic mass is 10.1. The van der Waals surface area contributed by atoms with E-state index in [0.717, 1.165) is 0 Å². The molecule has 150 valence electrons. The van der Waals surface area contributed by atoms with Crippen molar-refractivity contribution in [3.8, 4) is 11.8 Å². The van der Waals surface area contributed by atoms with Crippen molar-refractivity contribution in [2.45, 2.75) is 25.6 Å². The largest absolute Gasteiger partial charge is 0.494 e. The molecule has 0 saturated carbocycles. The summed E-state index contributed by atoms with van der Waals surface area (Å²) >= 11 is 0. The molecular weight excluding hydrogens is 390 g/mol. The minimum absolute atomic E-state index is 0.0625. The summed E-state index contributed by atoms with van der Waals surface area (Å²) in [5.74, 6) is 0.567. The van der Waals surface area contributed by atoms with E-state index in [1.807, 2.05) is 13.0 Å². The predicted octanol–water partition coefficient (Wildman–Crippen LogP) is 2.56. The van der Waals surface area contributed by atoms with E-state index in [-0.39, 0.29) is 24.1 Å². The molecule has 2 aliphatic heterocycles. The summed E-state index contributed by atoms with van der Waals surface area (Å²) in [7, 11) is -3.25. The molecule has 29 heavy (non-hydrogen) atoms. The first-order chi connectivity index (χ1) is 13.9. The van der Waals surface area contributed by atoms with Crippen LogP contribution >= 0.6 is 0 Å². The molecule has 0 N–H and O–H groups in total. The first kappa shape index (κ1) is 19.3. The minimum atomic E-state index is -3.25. The van der Waals surface area contributed by atoms with Gasteiger partial charge in [0.05, 0.1) is 41.8 Å². The van der Waals surface area contributed by atoms with Crippen LogP contribution in [0.2, 0.25) is 0 Å². The normalized spacial score (nSPS) is 22.4. The fourth-order valence-electron chi connectivity index (χ4n) is 4.08. The van der Waals surface area contributed by atoms with Crippen molar-refractivity contribution in [2.75, 3.05) is 23.0 Å². The molecule has 4 rings (SSSR count). The van der Waals surface area contributed by atoms with Crippen LogP contribution in [0.5, 0.6) is 5.75 Å². The highest BCUT2D eigenvalue weighted by molar-refractivity contribution is 7.91. The number of nitriles is 1. The number of sulfone groups is 1. The molecule has 2 amide bonds. The van der Waals surface area contributed by atoms with Gasteiger partial charge in [0.15, 0.2) is 9.84 Å². The quantitative estimate of drug-likeness (QED) is 0.706. The Morgan fingerprint density at radius 3 is 2.48 bits per heavy atom. The van der Waals surface area contributed by atoms with Crippen LogP contribution in [0.1, 0.15) is 18.1 Å². The molecule has 0 aliphatic carbocycles. The van der Waals surface area contributed by atoms with E-state index in [4.69, 9.17) is 4.74 Å². The lowest BCUT2D eigenvalue weighted by molar-refractivity contribution is 0.206. The number of hydrogen-bond donors (Lipinski definition) is 0. The van der Waals surface area contributed by atoms with Crippen LogP contribution in [-0.2, 0) is 16.4 Å². The van der Waals surface area contributed by atoms with Gasteiger partial charge in [0.1, 0.15) is 5.75 Å². The average molecular weight is 411 g/mol. The molecule has 2 aliphatic rings. The van der Waals surface area contributed by atoms with Gasteiger partial charge >= 0.3 is 6.03 Å². The molecule has 2 atom stereocenters. The van der Waals surface area contributed by atoms with E-state index >= 15 is 0 Å². The molecule has 2 fully saturated rings. The van der Waals surface area contributed by atoms with E-state index in [9.17, 15) is 18.5 Å². The third kappa shape index (κ3) is 3.54. The second kappa shape index (κ2) is 7.41. The summed E-state index contributed by atoms with van der Waals surface area (Å²) in [4.78, 5) is 16.4. The summed E-state index contributed by atoms with van der Waals surface area (Å²) in [6, 6.07) is 15.2. The zero-order chi connectivity index (χ0) is 20.6. The van der Waals surface area contributed by atoms with Crippen molar-refractivity contribution in [1.82, 2.24) is 4.90 Å². The summed E-state index contributed by atoms with van der Waals surface area (Å²) in [5.41, 5.74) is 1.83. The Morgan fingerprint density at radius 2 is 1.79 bits per heavy atom. The van der Waals surface area contributed by atoms with E-state index < -0.39 is 21.9 Å². The average Bonchev–Trinajstić information content (AvgIpc) is 3.13. The van der Waals surface area contributed by atoms with Crippen LogP contribution < -0.4 is 9.64 Å². The Hall–Kier alpha value is -3.05. The molecule has 0 aromatic heterocycles. The smallest absolute Gasteiger partial charge is 0.325 e. The Morgan fingerprint density at radius 1 is 1.10 bits per heavy atom. The maximum Gasteiger partial charge on any atom is 0.325 e. The van der Waals surface area contributed by atoms with Crippen molar-refractivity contribution in [1.29, 1.82) is 5.26 Å². The van der Waals surface area contributed by atoms with Gasteiger partial charge in [-0.3, -0.25) is 4.90 Å². The SMILES string of the molecule is CCOc1ccc(N2C(=O)N(Cc3ccccc3C#N)[C@H]3CS(=O)(=O)C[C@@H]32)cc1. The number of carbonyl (C=O) groups excluding carboxylic acids is 1. The summed E-state index contributed by atoms with van der Waals surface area (Å²) in [6.07, 6.45) is 0. The Kier molecular flexibility index (Phi) is 4.92. The fraction of sp³-hybridized carbons (Fsp3) is 0.333. The fourth-order valence-corrected chi connectivity index (χ4v) is 6.03. The third-order valence-electron chi connectivity index (χ3n) is 5.38. The zero-order valence-corrected chi connectivity index (χ0v) is 16.8. The highest BCUT2D eigenvalue weighted by Gasteiger charge is 2.53. The lowest BCUT2D eigenvalue weighted by Crippen LogP contribution is -2.37. The van der Waals surface area contributed by atoms with E-state index in [0.29, 0.717) is 29.2 Å². The molecule has 7 nitrogen and oxygen atoms in total. The van der Waals surface area contributed by atoms with E-state index in [1.54, 1.807) is 52.3 Å². The van der Waals surface area contributed by atoms with E-state index in [2.05, 4.69) is 6.07 Å². The van der Waals surface area contributed by atoms with Crippen LogP contribution in [0.15, 0.2) is 48.5 Å². The lowest BCUT2D eigenvalue weighted by Gasteiger charge is -2.23. The van der Waals surface area contributed by atoms with Crippen molar-refractivity contribution in [3.05, 3.63) is 59.7 Å². The number of anilines is 1. The van der Waals surface area contributed by atoms with Crippen LogP contribution in [0.25, 0.3) is 0 Å². The molecule has 8 heteroatoms. The Labute approximate surface area is 170 Å². The van der Waals surface area contributed by atoms with Crippen LogP contribution in [0.3, 0.4) is 0 Å². The summed E-state index contributed by atoms with van der Waals surface area (Å²) < 4.78 is 30.2. The molecule has 2 saturated heterocycles. The highest BCUT2D eigenvalue weighted by Crippen LogP contribution is 2.36. The number of carbonyl (C=O) groups is 1. The van der Waals surface area contributed by atoms with Gasteiger partial charge in [0, 0.05) is 12.2 Å². The Bertz CT molecular complexity index is 1080. The number of amides is 2. The third-order valence-corrected chi connectivity index (χ3v) is 7.08. The van der Waals surface area contributed by atoms with Crippen LogP contribution in [0.4, 0.5) is 10.5 Å².